The van der Waals surface area contributed by atoms with Gasteiger partial charge >= 0.3 is 0 Å². The van der Waals surface area contributed by atoms with Crippen molar-refractivity contribution in [3.63, 3.8) is 0 Å². The molecule has 7 heteroatoms. The van der Waals surface area contributed by atoms with E-state index < -0.39 is 11.2 Å². The number of hydrogen-bond donors (Lipinski definition) is 3. The number of fused-ring (bicyclic) bond motifs is 1. The Bertz CT molecular complexity index is 962. The third-order valence-electron chi connectivity index (χ3n) is 3.12. The van der Waals surface area contributed by atoms with E-state index in [1.54, 1.807) is 12.1 Å². The van der Waals surface area contributed by atoms with E-state index in [0.717, 1.165) is 0 Å². The van der Waals surface area contributed by atoms with Gasteiger partial charge < -0.3 is 19.7 Å². The predicted octanol–water partition coefficient (Wildman–Crippen LogP) is 4.10. The van der Waals surface area contributed by atoms with E-state index in [1.807, 2.05) is 0 Å². The van der Waals surface area contributed by atoms with Crippen molar-refractivity contribution in [2.24, 2.45) is 0 Å². The predicted molar refractivity (Wildman–Crippen MR) is 88.3 cm³/mol. The van der Waals surface area contributed by atoms with Gasteiger partial charge in [-0.3, -0.25) is 4.79 Å². The summed E-state index contributed by atoms with van der Waals surface area (Å²) in [4.78, 5) is 12.3. The summed E-state index contributed by atoms with van der Waals surface area (Å²) >= 11 is 6.58. The Morgan fingerprint density at radius 1 is 0.955 bits per heavy atom. The van der Waals surface area contributed by atoms with Gasteiger partial charge in [0.2, 0.25) is 11.2 Å². The highest BCUT2D eigenvalue weighted by Gasteiger charge is 2.18. The molecule has 0 saturated heterocycles. The summed E-state index contributed by atoms with van der Waals surface area (Å²) in [5, 5.41) is 29.2. The van der Waals surface area contributed by atoms with Gasteiger partial charge in [-0.2, -0.15) is 0 Å². The average Bonchev–Trinajstić information content (AvgIpc) is 2.46. The van der Waals surface area contributed by atoms with Crippen LogP contribution in [0.2, 0.25) is 0 Å². The van der Waals surface area contributed by atoms with E-state index in [1.165, 1.54) is 18.2 Å². The zero-order chi connectivity index (χ0) is 16.0. The van der Waals surface area contributed by atoms with Crippen LogP contribution in [-0.4, -0.2) is 15.3 Å². The van der Waals surface area contributed by atoms with Crippen molar-refractivity contribution in [3.05, 3.63) is 49.5 Å². The molecule has 2 aromatic carbocycles. The van der Waals surface area contributed by atoms with Crippen molar-refractivity contribution in [3.8, 4) is 28.6 Å². The third kappa shape index (κ3) is 2.36. The van der Waals surface area contributed by atoms with Gasteiger partial charge in [0.25, 0.3) is 0 Å². The Balaban J connectivity index is 2.38. The molecule has 1 aromatic heterocycles. The standard InChI is InChI=1S/C15H8Br2O5/c16-7-4-8-12(20)13(21)14(22-15(8)9(17)5-7)6-1-2-10(18)11(19)3-6/h1-5,18-19,21H. The quantitative estimate of drug-likeness (QED) is 0.508. The highest BCUT2D eigenvalue weighted by atomic mass is 79.9. The third-order valence-corrected chi connectivity index (χ3v) is 4.17. The fraction of sp³-hybridized carbons (Fsp3) is 0. The summed E-state index contributed by atoms with van der Waals surface area (Å²) in [5.74, 6) is -1.34. The summed E-state index contributed by atoms with van der Waals surface area (Å²) in [7, 11) is 0. The summed E-state index contributed by atoms with van der Waals surface area (Å²) in [6.45, 7) is 0. The van der Waals surface area contributed by atoms with Crippen LogP contribution in [0.25, 0.3) is 22.3 Å². The summed E-state index contributed by atoms with van der Waals surface area (Å²) in [5.41, 5.74) is -0.0546. The average molecular weight is 428 g/mol. The topological polar surface area (TPSA) is 90.9 Å². The minimum atomic E-state index is -0.592. The molecular weight excluding hydrogens is 420 g/mol. The van der Waals surface area contributed by atoms with E-state index in [2.05, 4.69) is 31.9 Å². The molecule has 0 spiro atoms. The molecular formula is C15H8Br2O5. The molecule has 0 aliphatic rings. The molecule has 0 saturated carbocycles. The minimum Gasteiger partial charge on any atom is -0.504 e. The first kappa shape index (κ1) is 14.9. The largest absolute Gasteiger partial charge is 0.504 e. The molecule has 0 bridgehead atoms. The van der Waals surface area contributed by atoms with Crippen LogP contribution in [0.4, 0.5) is 0 Å². The molecule has 1 heterocycles. The lowest BCUT2D eigenvalue weighted by atomic mass is 10.1. The van der Waals surface area contributed by atoms with Crippen molar-refractivity contribution in [2.75, 3.05) is 0 Å². The fourth-order valence-corrected chi connectivity index (χ4v) is 3.38. The van der Waals surface area contributed by atoms with Gasteiger partial charge in [-0.15, -0.1) is 0 Å². The molecule has 22 heavy (non-hydrogen) atoms. The van der Waals surface area contributed by atoms with Gasteiger partial charge in [0, 0.05) is 10.0 Å². The lowest BCUT2D eigenvalue weighted by molar-refractivity contribution is 0.403. The van der Waals surface area contributed by atoms with E-state index in [9.17, 15) is 20.1 Å². The summed E-state index contributed by atoms with van der Waals surface area (Å²) in [6, 6.07) is 7.12. The van der Waals surface area contributed by atoms with Crippen LogP contribution < -0.4 is 5.43 Å². The number of phenols is 2. The molecule has 0 atom stereocenters. The molecule has 3 N–H and O–H groups in total. The lowest BCUT2D eigenvalue weighted by Gasteiger charge is -2.08. The minimum absolute atomic E-state index is 0.0872. The second-order valence-corrected chi connectivity index (χ2v) is 6.35. The number of hydrogen-bond acceptors (Lipinski definition) is 5. The van der Waals surface area contributed by atoms with Gasteiger partial charge in [0.15, 0.2) is 22.8 Å². The van der Waals surface area contributed by atoms with Gasteiger partial charge in [0.05, 0.1) is 9.86 Å². The Morgan fingerprint density at radius 2 is 1.68 bits per heavy atom. The number of aromatic hydroxyl groups is 3. The monoisotopic (exact) mass is 426 g/mol. The maximum absolute atomic E-state index is 12.3. The Morgan fingerprint density at radius 3 is 2.36 bits per heavy atom. The molecule has 0 radical (unpaired) electrons. The molecule has 0 fully saturated rings. The molecule has 0 unspecified atom stereocenters. The molecule has 3 aromatic rings. The van der Waals surface area contributed by atoms with Crippen LogP contribution in [0.5, 0.6) is 17.2 Å². The molecule has 0 amide bonds. The van der Waals surface area contributed by atoms with Crippen LogP contribution >= 0.6 is 31.9 Å². The van der Waals surface area contributed by atoms with E-state index in [-0.39, 0.29) is 33.8 Å². The second kappa shape index (κ2) is 5.33. The van der Waals surface area contributed by atoms with Crippen LogP contribution in [0.1, 0.15) is 0 Å². The SMILES string of the molecule is O=c1c(O)c(-c2ccc(O)c(O)c2)oc2c(Br)cc(Br)cc12. The summed E-state index contributed by atoms with van der Waals surface area (Å²) in [6.07, 6.45) is 0. The lowest BCUT2D eigenvalue weighted by Crippen LogP contribution is -2.03. The van der Waals surface area contributed by atoms with Crippen molar-refractivity contribution in [1.82, 2.24) is 0 Å². The first-order valence-electron chi connectivity index (χ1n) is 6.05. The van der Waals surface area contributed by atoms with Gasteiger partial charge in [-0.05, 0) is 46.3 Å². The van der Waals surface area contributed by atoms with Gasteiger partial charge in [0.1, 0.15) is 0 Å². The first-order chi connectivity index (χ1) is 10.4. The zero-order valence-corrected chi connectivity index (χ0v) is 14.0. The Labute approximate surface area is 140 Å². The zero-order valence-electron chi connectivity index (χ0n) is 10.8. The van der Waals surface area contributed by atoms with Crippen LogP contribution in [-0.2, 0) is 0 Å². The second-order valence-electron chi connectivity index (χ2n) is 4.58. The number of phenolic OH excluding ortho intramolecular Hbond substituents is 2. The van der Waals surface area contributed by atoms with Crippen molar-refractivity contribution in [1.29, 1.82) is 0 Å². The first-order valence-corrected chi connectivity index (χ1v) is 7.64. The van der Waals surface area contributed by atoms with Crippen LogP contribution in [0, 0.1) is 0 Å². The highest BCUT2D eigenvalue weighted by molar-refractivity contribution is 9.11. The summed E-state index contributed by atoms with van der Waals surface area (Å²) < 4.78 is 6.83. The molecule has 3 rings (SSSR count). The molecule has 5 nitrogen and oxygen atoms in total. The Kier molecular flexibility index (Phi) is 3.62. The van der Waals surface area contributed by atoms with Crippen molar-refractivity contribution in [2.45, 2.75) is 0 Å². The number of benzene rings is 2. The smallest absolute Gasteiger partial charge is 0.235 e. The van der Waals surface area contributed by atoms with Gasteiger partial charge in [-0.25, -0.2) is 0 Å². The molecule has 112 valence electrons. The highest BCUT2D eigenvalue weighted by Crippen LogP contribution is 2.37. The van der Waals surface area contributed by atoms with E-state index >= 15 is 0 Å². The number of halogens is 2. The maximum Gasteiger partial charge on any atom is 0.235 e. The van der Waals surface area contributed by atoms with Crippen LogP contribution in [0.3, 0.4) is 0 Å². The van der Waals surface area contributed by atoms with Crippen molar-refractivity contribution < 1.29 is 19.7 Å². The van der Waals surface area contributed by atoms with Gasteiger partial charge in [-0.1, -0.05) is 15.9 Å². The van der Waals surface area contributed by atoms with E-state index in [0.29, 0.717) is 8.95 Å². The molecule has 0 aliphatic carbocycles. The molecule has 0 aliphatic heterocycles. The van der Waals surface area contributed by atoms with E-state index in [4.69, 9.17) is 4.42 Å². The maximum atomic E-state index is 12.3. The van der Waals surface area contributed by atoms with Crippen LogP contribution in [0.15, 0.2) is 48.5 Å². The normalized spacial score (nSPS) is 11.0. The van der Waals surface area contributed by atoms with Crippen molar-refractivity contribution >= 4 is 42.8 Å². The number of rotatable bonds is 1. The Hall–Kier alpha value is -1.99. The fourth-order valence-electron chi connectivity index (χ4n) is 2.07.